The molecule has 1 aliphatic heterocycles. The van der Waals surface area contributed by atoms with Crippen molar-refractivity contribution in [2.24, 2.45) is 10.7 Å². The molecule has 0 saturated heterocycles. The minimum absolute atomic E-state index is 0.0406. The Kier molecular flexibility index (Phi) is 4.13. The van der Waals surface area contributed by atoms with Gasteiger partial charge in [0.2, 0.25) is 10.8 Å². The van der Waals surface area contributed by atoms with Gasteiger partial charge >= 0.3 is 11.9 Å². The van der Waals surface area contributed by atoms with E-state index in [1.807, 2.05) is 0 Å². The molecule has 2 rings (SSSR count). The van der Waals surface area contributed by atoms with Gasteiger partial charge < -0.3 is 10.2 Å². The molecule has 0 bridgehead atoms. The van der Waals surface area contributed by atoms with Crippen molar-refractivity contribution in [2.45, 2.75) is 0 Å². The van der Waals surface area contributed by atoms with Crippen LogP contribution in [0.4, 0.5) is 4.79 Å². The fourth-order valence-corrected chi connectivity index (χ4v) is 1.83. The van der Waals surface area contributed by atoms with E-state index in [1.54, 1.807) is 0 Å². The molecule has 0 unspecified atom stereocenters. The highest BCUT2D eigenvalue weighted by molar-refractivity contribution is 7.80. The molecule has 9 nitrogen and oxygen atoms in total. The predicted molar refractivity (Wildman–Crippen MR) is 79.8 cm³/mol. The van der Waals surface area contributed by atoms with Crippen LogP contribution in [-0.4, -0.2) is 58.1 Å². The number of amides is 4. The highest BCUT2D eigenvalue weighted by Gasteiger charge is 2.39. The molecule has 114 valence electrons. The first-order valence-corrected chi connectivity index (χ1v) is 6.39. The summed E-state index contributed by atoms with van der Waals surface area (Å²) in [7, 11) is 2.67. The molecule has 1 aliphatic rings. The van der Waals surface area contributed by atoms with Gasteiger partial charge in [-0.2, -0.15) is 9.48 Å². The third-order valence-electron chi connectivity index (χ3n) is 2.86. The number of aliphatic imine (C=N–C) groups is 1. The van der Waals surface area contributed by atoms with Crippen LogP contribution in [0.15, 0.2) is 27.8 Å². The van der Waals surface area contributed by atoms with Gasteiger partial charge in [0.05, 0.1) is 20.4 Å². The van der Waals surface area contributed by atoms with Crippen LogP contribution < -0.4 is 11.1 Å². The van der Waals surface area contributed by atoms with Crippen molar-refractivity contribution in [1.29, 1.82) is 0 Å². The first-order valence-electron chi connectivity index (χ1n) is 5.99. The highest BCUT2D eigenvalue weighted by Crippen LogP contribution is 2.02. The molecule has 4 amide bonds. The van der Waals surface area contributed by atoms with Crippen LogP contribution in [0.25, 0.3) is 0 Å². The van der Waals surface area contributed by atoms with Gasteiger partial charge in [0.15, 0.2) is 5.76 Å². The quantitative estimate of drug-likeness (QED) is 0.522. The van der Waals surface area contributed by atoms with E-state index >= 15 is 0 Å². The van der Waals surface area contributed by atoms with Gasteiger partial charge in [0, 0.05) is 0 Å². The van der Waals surface area contributed by atoms with Crippen LogP contribution >= 0.6 is 12.2 Å². The van der Waals surface area contributed by atoms with Crippen LogP contribution in [0.1, 0.15) is 10.6 Å². The average molecular weight is 322 g/mol. The SMILES string of the molecule is CN1C(=O)/C(=N\C(=S)NC(=O)c2ccco2)C(N)=[N+](C)C1=O. The van der Waals surface area contributed by atoms with Gasteiger partial charge in [-0.3, -0.25) is 10.1 Å². The second-order valence-corrected chi connectivity index (χ2v) is 4.67. The summed E-state index contributed by atoms with van der Waals surface area (Å²) in [6.45, 7) is 0. The Morgan fingerprint density at radius 2 is 2.18 bits per heavy atom. The third kappa shape index (κ3) is 2.76. The van der Waals surface area contributed by atoms with Crippen LogP contribution in [0.3, 0.4) is 0 Å². The lowest BCUT2D eigenvalue weighted by atomic mass is 10.2. The minimum Gasteiger partial charge on any atom is -0.459 e. The van der Waals surface area contributed by atoms with Crippen molar-refractivity contribution in [3.63, 3.8) is 0 Å². The number of carbonyl (C=O) groups is 3. The molecular weight excluding hydrogens is 310 g/mol. The van der Waals surface area contributed by atoms with Crippen molar-refractivity contribution < 1.29 is 23.4 Å². The minimum atomic E-state index is -0.713. The van der Waals surface area contributed by atoms with Crippen molar-refractivity contribution in [2.75, 3.05) is 14.1 Å². The van der Waals surface area contributed by atoms with Gasteiger partial charge in [-0.05, 0) is 24.4 Å². The number of carbonyl (C=O) groups excluding carboxylic acids is 3. The fourth-order valence-electron chi connectivity index (χ4n) is 1.64. The van der Waals surface area contributed by atoms with Crippen molar-refractivity contribution >= 4 is 46.7 Å². The summed E-state index contributed by atoms with van der Waals surface area (Å²) in [5, 5.41) is 2.01. The Morgan fingerprint density at radius 3 is 2.77 bits per heavy atom. The Hall–Kier alpha value is -2.88. The Balaban J connectivity index is 2.24. The monoisotopic (exact) mass is 322 g/mol. The summed E-state index contributed by atoms with van der Waals surface area (Å²) in [5.74, 6) is -1.43. The zero-order chi connectivity index (χ0) is 16.4. The van der Waals surface area contributed by atoms with E-state index in [1.165, 1.54) is 32.5 Å². The topological polar surface area (TPSA) is 121 Å². The van der Waals surface area contributed by atoms with Crippen molar-refractivity contribution in [1.82, 2.24) is 10.2 Å². The van der Waals surface area contributed by atoms with Crippen molar-refractivity contribution in [3.05, 3.63) is 24.2 Å². The van der Waals surface area contributed by atoms with Gasteiger partial charge in [0.25, 0.3) is 11.7 Å². The maximum Gasteiger partial charge on any atom is 0.445 e. The molecule has 0 aliphatic carbocycles. The Morgan fingerprint density at radius 1 is 1.50 bits per heavy atom. The Labute approximate surface area is 130 Å². The second kappa shape index (κ2) is 5.85. The van der Waals surface area contributed by atoms with E-state index in [0.29, 0.717) is 0 Å². The lowest BCUT2D eigenvalue weighted by molar-refractivity contribution is -0.401. The van der Waals surface area contributed by atoms with Gasteiger partial charge in [-0.25, -0.2) is 14.6 Å². The van der Waals surface area contributed by atoms with Crippen LogP contribution in [0.2, 0.25) is 0 Å². The molecule has 0 atom stereocenters. The molecule has 2 heterocycles. The molecule has 0 aromatic carbocycles. The van der Waals surface area contributed by atoms with E-state index < -0.39 is 17.8 Å². The number of thiocarbonyl (C=S) groups is 1. The standard InChI is InChI=1S/C12H11N5O4S/c1-16-8(13)7(10(19)17(2)12(16)20)14-11(22)15-9(18)6-4-3-5-21-6/h3-5,13H,1-2H3,(H,15,18,22)/p+1/b14-7-. The van der Waals surface area contributed by atoms with E-state index in [-0.39, 0.29) is 22.4 Å². The number of nitrogens with zero attached hydrogens (tertiary/aromatic N) is 3. The second-order valence-electron chi connectivity index (χ2n) is 4.29. The first-order chi connectivity index (χ1) is 10.3. The number of nitrogens with one attached hydrogen (secondary N) is 1. The summed E-state index contributed by atoms with van der Waals surface area (Å²) in [5.41, 5.74) is 5.46. The molecule has 0 fully saturated rings. The predicted octanol–water partition coefficient (Wildman–Crippen LogP) is -0.673. The number of hydrogen-bond donors (Lipinski definition) is 2. The molecule has 0 spiro atoms. The van der Waals surface area contributed by atoms with Gasteiger partial charge in [-0.1, -0.05) is 0 Å². The number of hydrogen-bond acceptors (Lipinski definition) is 6. The summed E-state index contributed by atoms with van der Waals surface area (Å²) in [6.07, 6.45) is 1.33. The van der Waals surface area contributed by atoms with Crippen LogP contribution in [0, 0.1) is 0 Å². The number of urea groups is 1. The zero-order valence-electron chi connectivity index (χ0n) is 11.7. The Bertz CT molecular complexity index is 735. The summed E-state index contributed by atoms with van der Waals surface area (Å²) >= 11 is 4.89. The van der Waals surface area contributed by atoms with E-state index in [4.69, 9.17) is 22.4 Å². The van der Waals surface area contributed by atoms with E-state index in [9.17, 15) is 14.4 Å². The summed E-state index contributed by atoms with van der Waals surface area (Å²) in [6, 6.07) is 2.39. The fraction of sp³-hybridized carbons (Fsp3) is 0.167. The molecule has 22 heavy (non-hydrogen) atoms. The van der Waals surface area contributed by atoms with Gasteiger partial charge in [0.1, 0.15) is 0 Å². The lowest BCUT2D eigenvalue weighted by Gasteiger charge is -2.18. The van der Waals surface area contributed by atoms with Gasteiger partial charge in [-0.15, -0.1) is 0 Å². The molecule has 0 radical (unpaired) electrons. The van der Waals surface area contributed by atoms with Crippen LogP contribution in [0.5, 0.6) is 0 Å². The number of rotatable bonds is 1. The molecule has 0 saturated carbocycles. The number of nitrogens with two attached hydrogens (primary N) is 1. The lowest BCUT2D eigenvalue weighted by Crippen LogP contribution is -2.56. The zero-order valence-corrected chi connectivity index (χ0v) is 12.5. The van der Waals surface area contributed by atoms with E-state index in [0.717, 1.165) is 9.48 Å². The number of imide groups is 1. The largest absolute Gasteiger partial charge is 0.459 e. The summed E-state index contributed by atoms with van der Waals surface area (Å²) < 4.78 is 5.95. The maximum absolute atomic E-state index is 12.0. The molecule has 1 aromatic rings. The van der Waals surface area contributed by atoms with E-state index in [2.05, 4.69) is 10.3 Å². The average Bonchev–Trinajstić information content (AvgIpc) is 3.02. The smallest absolute Gasteiger partial charge is 0.445 e. The maximum atomic E-state index is 12.0. The molecule has 3 N–H and O–H groups in total. The molecule has 1 aromatic heterocycles. The molecular formula is C12H12N5O4S+. The summed E-state index contributed by atoms with van der Waals surface area (Å²) in [4.78, 5) is 40.1. The molecule has 10 heteroatoms. The number of amidine groups is 1. The highest BCUT2D eigenvalue weighted by atomic mass is 32.1. The van der Waals surface area contributed by atoms with Crippen LogP contribution in [-0.2, 0) is 4.79 Å². The normalized spacial score (nSPS) is 17.2. The van der Waals surface area contributed by atoms with Crippen molar-refractivity contribution in [3.8, 4) is 0 Å². The first kappa shape index (κ1) is 15.5. The number of furan rings is 1. The third-order valence-corrected chi connectivity index (χ3v) is 3.06.